The topological polar surface area (TPSA) is 71.3 Å². The maximum atomic E-state index is 12.6. The molecule has 0 bridgehead atoms. The smallest absolute Gasteiger partial charge is 0.257 e. The number of carbonyl (C=O) groups is 1. The van der Waals surface area contributed by atoms with E-state index in [1.807, 2.05) is 6.92 Å². The van der Waals surface area contributed by atoms with Gasteiger partial charge in [-0.15, -0.1) is 0 Å². The number of carbonyl (C=O) groups excluding carboxylic acids is 1. The lowest BCUT2D eigenvalue weighted by Crippen LogP contribution is -2.47. The number of pyridine rings is 1. The van der Waals surface area contributed by atoms with Crippen molar-refractivity contribution >= 4 is 17.0 Å². The third-order valence-electron chi connectivity index (χ3n) is 5.12. The molecule has 6 heteroatoms. The van der Waals surface area contributed by atoms with Gasteiger partial charge in [0.25, 0.3) is 11.6 Å². The number of aromatic nitrogens is 2. The molecule has 1 N–H and O–H groups in total. The fourth-order valence-corrected chi connectivity index (χ4v) is 3.58. The average Bonchev–Trinajstić information content (AvgIpc) is 2.80. The number of likely N-dealkylation sites (tertiary alicyclic amines) is 1. The van der Waals surface area contributed by atoms with Crippen molar-refractivity contribution in [2.45, 2.75) is 52.5 Å². The van der Waals surface area contributed by atoms with Crippen LogP contribution < -0.4 is 5.32 Å². The lowest BCUT2D eigenvalue weighted by atomic mass is 10.0. The Kier molecular flexibility index (Phi) is 5.68. The monoisotopic (exact) mass is 344 g/mol. The summed E-state index contributed by atoms with van der Waals surface area (Å²) >= 11 is 0. The summed E-state index contributed by atoms with van der Waals surface area (Å²) in [6.07, 6.45) is 6.70. The van der Waals surface area contributed by atoms with Crippen LogP contribution in [0.1, 0.15) is 55.6 Å². The van der Waals surface area contributed by atoms with Crippen LogP contribution >= 0.6 is 0 Å². The Morgan fingerprint density at radius 2 is 2.00 bits per heavy atom. The number of hydrogen-bond acceptors (Lipinski definition) is 5. The second-order valence-electron chi connectivity index (χ2n) is 7.32. The first-order valence-electron chi connectivity index (χ1n) is 9.30. The quantitative estimate of drug-likeness (QED) is 0.902. The number of nitrogens with one attached hydrogen (secondary N) is 1. The molecule has 0 radical (unpaired) electrons. The van der Waals surface area contributed by atoms with E-state index in [-0.39, 0.29) is 5.91 Å². The fraction of sp³-hybridized carbons (Fsp3) is 0.632. The van der Waals surface area contributed by atoms with Crippen molar-refractivity contribution in [2.24, 2.45) is 5.92 Å². The Bertz CT molecular complexity index is 717. The minimum Gasteiger partial charge on any atom is -0.350 e. The molecule has 0 unspecified atom stereocenters. The number of nitrogens with zero attached hydrogens (tertiary/aromatic N) is 3. The SMILES string of the molecule is Cc1noc2ncc(C(=O)NC[C@H](C(C)C)N3CCCCCC3)cc12. The van der Waals surface area contributed by atoms with Gasteiger partial charge in [-0.25, -0.2) is 4.98 Å². The molecule has 2 aromatic rings. The summed E-state index contributed by atoms with van der Waals surface area (Å²) in [5.41, 5.74) is 1.78. The highest BCUT2D eigenvalue weighted by atomic mass is 16.5. The Morgan fingerprint density at radius 3 is 2.68 bits per heavy atom. The molecule has 1 fully saturated rings. The zero-order valence-electron chi connectivity index (χ0n) is 15.4. The lowest BCUT2D eigenvalue weighted by molar-refractivity contribution is 0.0917. The second kappa shape index (κ2) is 7.95. The molecular formula is C19H28N4O2. The van der Waals surface area contributed by atoms with Crippen molar-refractivity contribution in [2.75, 3.05) is 19.6 Å². The Balaban J connectivity index is 1.66. The second-order valence-corrected chi connectivity index (χ2v) is 7.32. The van der Waals surface area contributed by atoms with Gasteiger partial charge in [0.2, 0.25) is 0 Å². The Morgan fingerprint density at radius 1 is 1.28 bits per heavy atom. The molecule has 25 heavy (non-hydrogen) atoms. The van der Waals surface area contributed by atoms with E-state index in [1.54, 1.807) is 12.3 Å². The van der Waals surface area contributed by atoms with Crippen molar-refractivity contribution in [3.63, 3.8) is 0 Å². The van der Waals surface area contributed by atoms with Gasteiger partial charge >= 0.3 is 0 Å². The zero-order chi connectivity index (χ0) is 17.8. The highest BCUT2D eigenvalue weighted by molar-refractivity contribution is 5.96. The third kappa shape index (κ3) is 4.18. The molecule has 3 heterocycles. The van der Waals surface area contributed by atoms with Crippen molar-refractivity contribution in [1.29, 1.82) is 0 Å². The van der Waals surface area contributed by atoms with Gasteiger partial charge in [0.1, 0.15) is 0 Å². The number of rotatable bonds is 5. The van der Waals surface area contributed by atoms with E-state index in [0.29, 0.717) is 29.8 Å². The van der Waals surface area contributed by atoms with Crippen LogP contribution in [-0.2, 0) is 0 Å². The highest BCUT2D eigenvalue weighted by Gasteiger charge is 2.23. The first-order valence-corrected chi connectivity index (χ1v) is 9.30. The molecule has 0 aromatic carbocycles. The van der Waals surface area contributed by atoms with Gasteiger partial charge in [-0.3, -0.25) is 9.69 Å². The zero-order valence-corrected chi connectivity index (χ0v) is 15.4. The van der Waals surface area contributed by atoms with Crippen molar-refractivity contribution < 1.29 is 9.32 Å². The molecule has 1 atom stereocenters. The molecule has 2 aromatic heterocycles. The number of amides is 1. The number of hydrogen-bond donors (Lipinski definition) is 1. The molecule has 0 aliphatic carbocycles. The molecule has 3 rings (SSSR count). The van der Waals surface area contributed by atoms with E-state index < -0.39 is 0 Å². The van der Waals surface area contributed by atoms with Crippen LogP contribution in [0.15, 0.2) is 16.8 Å². The first-order chi connectivity index (χ1) is 12.1. The largest absolute Gasteiger partial charge is 0.350 e. The minimum absolute atomic E-state index is 0.0875. The maximum Gasteiger partial charge on any atom is 0.257 e. The summed E-state index contributed by atoms with van der Waals surface area (Å²) in [6, 6.07) is 2.18. The van der Waals surface area contributed by atoms with Crippen LogP contribution in [0.4, 0.5) is 0 Å². The summed E-state index contributed by atoms with van der Waals surface area (Å²) in [6.45, 7) is 9.24. The predicted molar refractivity (Wildman–Crippen MR) is 97.5 cm³/mol. The molecule has 1 saturated heterocycles. The van der Waals surface area contributed by atoms with E-state index in [9.17, 15) is 4.79 Å². The fourth-order valence-electron chi connectivity index (χ4n) is 3.58. The van der Waals surface area contributed by atoms with E-state index in [1.165, 1.54) is 25.7 Å². The number of fused-ring (bicyclic) bond motifs is 1. The van der Waals surface area contributed by atoms with E-state index in [0.717, 1.165) is 24.2 Å². The summed E-state index contributed by atoms with van der Waals surface area (Å²) in [7, 11) is 0. The van der Waals surface area contributed by atoms with E-state index in [4.69, 9.17) is 4.52 Å². The number of aryl methyl sites for hydroxylation is 1. The maximum absolute atomic E-state index is 12.6. The minimum atomic E-state index is -0.0875. The standard InChI is InChI=1S/C19H28N4O2/c1-13(2)17(23-8-6-4-5-7-9-23)12-20-18(24)15-10-16-14(3)22-25-19(16)21-11-15/h10-11,13,17H,4-9,12H2,1-3H3,(H,20,24)/t17-/m1/s1. The van der Waals surface area contributed by atoms with Crippen LogP contribution in [0.3, 0.4) is 0 Å². The van der Waals surface area contributed by atoms with Crippen molar-refractivity contribution in [1.82, 2.24) is 20.4 Å². The molecule has 1 amide bonds. The van der Waals surface area contributed by atoms with Gasteiger partial charge in [-0.2, -0.15) is 0 Å². The van der Waals surface area contributed by atoms with E-state index in [2.05, 4.69) is 34.2 Å². The summed E-state index contributed by atoms with van der Waals surface area (Å²) in [4.78, 5) is 19.3. The van der Waals surface area contributed by atoms with Gasteiger partial charge in [-0.1, -0.05) is 31.8 Å². The molecular weight excluding hydrogens is 316 g/mol. The summed E-state index contributed by atoms with van der Waals surface area (Å²) in [5, 5.41) is 7.78. The van der Waals surface area contributed by atoms with Crippen LogP contribution in [0.25, 0.3) is 11.1 Å². The van der Waals surface area contributed by atoms with Crippen LogP contribution in [0.2, 0.25) is 0 Å². The molecule has 6 nitrogen and oxygen atoms in total. The van der Waals surface area contributed by atoms with Gasteiger partial charge in [0.05, 0.1) is 16.6 Å². The summed E-state index contributed by atoms with van der Waals surface area (Å²) < 4.78 is 5.10. The molecule has 0 saturated carbocycles. The summed E-state index contributed by atoms with van der Waals surface area (Å²) in [5.74, 6) is 0.412. The van der Waals surface area contributed by atoms with Gasteiger partial charge in [0.15, 0.2) is 0 Å². The lowest BCUT2D eigenvalue weighted by Gasteiger charge is -2.33. The Hall–Kier alpha value is -1.95. The molecule has 136 valence electrons. The van der Waals surface area contributed by atoms with Crippen molar-refractivity contribution in [3.8, 4) is 0 Å². The van der Waals surface area contributed by atoms with Crippen LogP contribution in [0.5, 0.6) is 0 Å². The molecule has 1 aliphatic heterocycles. The normalized spacial score (nSPS) is 17.6. The van der Waals surface area contributed by atoms with Crippen LogP contribution in [0, 0.1) is 12.8 Å². The third-order valence-corrected chi connectivity index (χ3v) is 5.12. The molecule has 1 aliphatic rings. The molecule has 0 spiro atoms. The van der Waals surface area contributed by atoms with Gasteiger partial charge in [0, 0.05) is 18.8 Å². The van der Waals surface area contributed by atoms with Gasteiger partial charge in [-0.05, 0) is 44.8 Å². The van der Waals surface area contributed by atoms with Gasteiger partial charge < -0.3 is 9.84 Å². The highest BCUT2D eigenvalue weighted by Crippen LogP contribution is 2.18. The predicted octanol–water partition coefficient (Wildman–Crippen LogP) is 3.16. The van der Waals surface area contributed by atoms with Crippen LogP contribution in [-0.4, -0.2) is 46.6 Å². The van der Waals surface area contributed by atoms with E-state index >= 15 is 0 Å². The van der Waals surface area contributed by atoms with Crippen molar-refractivity contribution in [3.05, 3.63) is 23.5 Å². The first kappa shape index (κ1) is 17.9. The Labute approximate surface area is 149 Å². The average molecular weight is 344 g/mol.